The summed E-state index contributed by atoms with van der Waals surface area (Å²) in [5.41, 5.74) is 0.746. The van der Waals surface area contributed by atoms with Gasteiger partial charge < -0.3 is 14.7 Å². The number of carbonyl (C=O) groups is 1. The maximum atomic E-state index is 13.3. The van der Waals surface area contributed by atoms with Gasteiger partial charge in [-0.3, -0.25) is 9.00 Å². The van der Waals surface area contributed by atoms with E-state index < -0.39 is 22.4 Å². The van der Waals surface area contributed by atoms with Gasteiger partial charge >= 0.3 is 0 Å². The fourth-order valence-electron chi connectivity index (χ4n) is 2.85. The number of aliphatic hydroxyl groups excluding tert-OH is 1. The van der Waals surface area contributed by atoms with E-state index in [1.54, 1.807) is 29.2 Å². The van der Waals surface area contributed by atoms with Crippen LogP contribution in [0, 0.1) is 11.6 Å². The van der Waals surface area contributed by atoms with Gasteiger partial charge in [-0.2, -0.15) is 0 Å². The van der Waals surface area contributed by atoms with Crippen LogP contribution in [-0.2, 0) is 22.2 Å². The summed E-state index contributed by atoms with van der Waals surface area (Å²) in [5.74, 6) is -1.73. The van der Waals surface area contributed by atoms with Gasteiger partial charge in [-0.05, 0) is 42.3 Å². The second kappa shape index (κ2) is 11.0. The van der Waals surface area contributed by atoms with Crippen molar-refractivity contribution in [2.45, 2.75) is 37.0 Å². The number of nitrogens with zero attached hydrogens (tertiary/aromatic N) is 1. The summed E-state index contributed by atoms with van der Waals surface area (Å²) in [6.07, 6.45) is 0.516. The molecule has 1 heterocycles. The molecule has 0 radical (unpaired) electrons. The van der Waals surface area contributed by atoms with Crippen molar-refractivity contribution in [3.05, 3.63) is 59.7 Å². The van der Waals surface area contributed by atoms with Crippen LogP contribution in [0.5, 0.6) is 5.75 Å². The molecule has 3 rings (SSSR count). The maximum Gasteiger partial charge on any atom is 0.260 e. The normalized spacial score (nSPS) is 16.7. The summed E-state index contributed by atoms with van der Waals surface area (Å²) in [7, 11) is -1.52. The minimum absolute atomic E-state index is 0.0660. The Morgan fingerprint density at radius 1 is 1.17 bits per heavy atom. The van der Waals surface area contributed by atoms with E-state index in [4.69, 9.17) is 9.84 Å². The highest BCUT2D eigenvalue weighted by Crippen LogP contribution is 2.22. The first kappa shape index (κ1) is 23.0. The Morgan fingerprint density at radius 2 is 1.86 bits per heavy atom. The summed E-state index contributed by atoms with van der Waals surface area (Å²) in [4.78, 5) is 14.1. The number of hydrogen-bond acceptors (Lipinski definition) is 4. The first-order valence-electron chi connectivity index (χ1n) is 9.44. The van der Waals surface area contributed by atoms with Crippen molar-refractivity contribution in [2.75, 3.05) is 19.7 Å². The van der Waals surface area contributed by atoms with E-state index in [0.717, 1.165) is 17.7 Å². The zero-order valence-electron chi connectivity index (χ0n) is 16.4. The Hall–Kier alpha value is -2.32. The lowest BCUT2D eigenvalue weighted by Crippen LogP contribution is -2.34. The Morgan fingerprint density at radius 3 is 2.48 bits per heavy atom. The molecule has 2 aromatic carbocycles. The number of rotatable bonds is 6. The van der Waals surface area contributed by atoms with Crippen LogP contribution in [-0.4, -0.2) is 45.1 Å². The van der Waals surface area contributed by atoms with Crippen LogP contribution in [0.4, 0.5) is 8.78 Å². The number of amides is 1. The molecule has 1 amide bonds. The molecule has 29 heavy (non-hydrogen) atoms. The van der Waals surface area contributed by atoms with E-state index in [2.05, 4.69) is 0 Å². The highest BCUT2D eigenvalue weighted by molar-refractivity contribution is 7.85. The second-order valence-corrected chi connectivity index (χ2v) is 7.95. The van der Waals surface area contributed by atoms with E-state index in [-0.39, 0.29) is 35.8 Å². The van der Waals surface area contributed by atoms with Gasteiger partial charge in [-0.15, -0.1) is 0 Å². The first-order chi connectivity index (χ1) is 14.0. The van der Waals surface area contributed by atoms with Crippen LogP contribution in [0.1, 0.15) is 25.8 Å². The highest BCUT2D eigenvalue weighted by Gasteiger charge is 2.31. The molecule has 2 atom stereocenters. The van der Waals surface area contributed by atoms with Crippen molar-refractivity contribution in [2.24, 2.45) is 0 Å². The van der Waals surface area contributed by atoms with Crippen molar-refractivity contribution in [3.63, 3.8) is 0 Å². The summed E-state index contributed by atoms with van der Waals surface area (Å²) in [5, 5.41) is 8.67. The molecule has 158 valence electrons. The number of carbonyl (C=O) groups excluding carboxylic acids is 1. The zero-order chi connectivity index (χ0) is 21.4. The molecule has 2 aromatic rings. The van der Waals surface area contributed by atoms with Crippen LogP contribution in [0.15, 0.2) is 47.4 Å². The Labute approximate surface area is 171 Å². The van der Waals surface area contributed by atoms with Gasteiger partial charge in [-0.25, -0.2) is 8.78 Å². The molecule has 8 heteroatoms. The monoisotopic (exact) mass is 425 g/mol. The minimum atomic E-state index is -1.52. The smallest absolute Gasteiger partial charge is 0.260 e. The predicted octanol–water partition coefficient (Wildman–Crippen LogP) is 3.27. The van der Waals surface area contributed by atoms with Crippen LogP contribution in [0.3, 0.4) is 0 Å². The lowest BCUT2D eigenvalue weighted by atomic mass is 10.2. The van der Waals surface area contributed by atoms with Crippen molar-refractivity contribution >= 4 is 16.7 Å². The molecule has 0 aromatic heterocycles. The van der Waals surface area contributed by atoms with Gasteiger partial charge in [0.1, 0.15) is 5.75 Å². The number of ether oxygens (including phenoxy) is 1. The summed E-state index contributed by atoms with van der Waals surface area (Å²) in [6.45, 7) is 4.50. The SMILES string of the molecule is CC.O=C(COc1ccc(CO)cc1)N1CCC(S(=O)c2ccc(F)c(F)c2)C1. The standard InChI is InChI=1S/C19H19F2NO4S.C2H6/c20-17-6-5-15(9-18(17)21)27(25)16-7-8-22(10-16)19(24)12-26-14-3-1-13(11-23)2-4-14;1-2/h1-6,9,16,23H,7-8,10-12H2;1-2H3. The summed E-state index contributed by atoms with van der Waals surface area (Å²) < 4.78 is 44.4. The Balaban J connectivity index is 0.00000145. The van der Waals surface area contributed by atoms with Gasteiger partial charge in [-0.1, -0.05) is 26.0 Å². The molecule has 0 spiro atoms. The third-order valence-corrected chi connectivity index (χ3v) is 6.10. The third kappa shape index (κ3) is 6.08. The number of halogens is 2. The topological polar surface area (TPSA) is 66.8 Å². The molecule has 0 aliphatic carbocycles. The van der Waals surface area contributed by atoms with Crippen molar-refractivity contribution in [1.29, 1.82) is 0 Å². The van der Waals surface area contributed by atoms with Crippen molar-refractivity contribution in [1.82, 2.24) is 4.90 Å². The average Bonchev–Trinajstić information content (AvgIpc) is 3.25. The molecule has 1 N–H and O–H groups in total. The van der Waals surface area contributed by atoms with Crippen LogP contribution in [0.2, 0.25) is 0 Å². The van der Waals surface area contributed by atoms with E-state index in [1.165, 1.54) is 6.07 Å². The average molecular weight is 425 g/mol. The number of hydrogen-bond donors (Lipinski definition) is 1. The summed E-state index contributed by atoms with van der Waals surface area (Å²) in [6, 6.07) is 9.95. The molecular weight excluding hydrogens is 400 g/mol. The Bertz CT molecular complexity index is 845. The van der Waals surface area contributed by atoms with E-state index >= 15 is 0 Å². The molecular formula is C21H25F2NO4S. The predicted molar refractivity (Wildman–Crippen MR) is 107 cm³/mol. The summed E-state index contributed by atoms with van der Waals surface area (Å²) >= 11 is 0. The number of likely N-dealkylation sites (tertiary alicyclic amines) is 1. The maximum absolute atomic E-state index is 13.3. The lowest BCUT2D eigenvalue weighted by molar-refractivity contribution is -0.132. The van der Waals surface area contributed by atoms with Gasteiger partial charge in [0, 0.05) is 18.0 Å². The molecule has 1 aliphatic heterocycles. The minimum Gasteiger partial charge on any atom is -0.484 e. The molecule has 1 fully saturated rings. The van der Waals surface area contributed by atoms with Gasteiger partial charge in [0.2, 0.25) is 0 Å². The molecule has 2 unspecified atom stereocenters. The highest BCUT2D eigenvalue weighted by atomic mass is 32.2. The van der Waals surface area contributed by atoms with E-state index in [1.807, 2.05) is 13.8 Å². The van der Waals surface area contributed by atoms with E-state index in [9.17, 15) is 17.8 Å². The number of aliphatic hydroxyl groups is 1. The fraction of sp³-hybridized carbons (Fsp3) is 0.381. The largest absolute Gasteiger partial charge is 0.484 e. The van der Waals surface area contributed by atoms with Crippen LogP contribution >= 0.6 is 0 Å². The molecule has 0 bridgehead atoms. The van der Waals surface area contributed by atoms with Crippen LogP contribution < -0.4 is 4.74 Å². The molecule has 0 saturated carbocycles. The van der Waals surface area contributed by atoms with E-state index in [0.29, 0.717) is 18.7 Å². The quantitative estimate of drug-likeness (QED) is 0.772. The van der Waals surface area contributed by atoms with Gasteiger partial charge in [0.05, 0.1) is 22.7 Å². The van der Waals surface area contributed by atoms with Crippen LogP contribution in [0.25, 0.3) is 0 Å². The molecule has 5 nitrogen and oxygen atoms in total. The Kier molecular flexibility index (Phi) is 8.72. The lowest BCUT2D eigenvalue weighted by Gasteiger charge is -2.17. The van der Waals surface area contributed by atoms with Crippen molar-refractivity contribution < 1.29 is 27.6 Å². The van der Waals surface area contributed by atoms with Gasteiger partial charge in [0.25, 0.3) is 5.91 Å². The molecule has 1 aliphatic rings. The first-order valence-corrected chi connectivity index (χ1v) is 10.6. The molecule has 1 saturated heterocycles. The number of benzene rings is 2. The third-order valence-electron chi connectivity index (χ3n) is 4.39. The second-order valence-electron chi connectivity index (χ2n) is 6.21. The van der Waals surface area contributed by atoms with Gasteiger partial charge in [0.15, 0.2) is 18.2 Å². The van der Waals surface area contributed by atoms with Crippen molar-refractivity contribution in [3.8, 4) is 5.75 Å². The fourth-order valence-corrected chi connectivity index (χ4v) is 4.29. The zero-order valence-corrected chi connectivity index (χ0v) is 17.3.